The van der Waals surface area contributed by atoms with Crippen molar-refractivity contribution in [1.82, 2.24) is 15.2 Å². The van der Waals surface area contributed by atoms with Gasteiger partial charge in [0.05, 0.1) is 5.69 Å². The Kier molecular flexibility index (Phi) is 4.69. The minimum atomic E-state index is 0.771. The molecule has 0 bridgehead atoms. The van der Waals surface area contributed by atoms with Crippen LogP contribution in [0.2, 0.25) is 0 Å². The number of hydrogen-bond donors (Lipinski definition) is 1. The van der Waals surface area contributed by atoms with E-state index in [4.69, 9.17) is 0 Å². The van der Waals surface area contributed by atoms with E-state index in [0.717, 1.165) is 31.6 Å². The Morgan fingerprint density at radius 2 is 2.10 bits per heavy atom. The highest BCUT2D eigenvalue weighted by Gasteiger charge is 2.21. The van der Waals surface area contributed by atoms with Gasteiger partial charge < -0.3 is 5.32 Å². The van der Waals surface area contributed by atoms with Gasteiger partial charge in [-0.2, -0.15) is 0 Å². The summed E-state index contributed by atoms with van der Waals surface area (Å²) in [5.41, 5.74) is 2.52. The van der Waals surface area contributed by atoms with Crippen LogP contribution < -0.4 is 5.32 Å². The van der Waals surface area contributed by atoms with E-state index < -0.39 is 0 Å². The van der Waals surface area contributed by atoms with Crippen LogP contribution >= 0.6 is 0 Å². The van der Waals surface area contributed by atoms with Crippen LogP contribution in [0.4, 0.5) is 0 Å². The van der Waals surface area contributed by atoms with Gasteiger partial charge in [0.25, 0.3) is 0 Å². The number of aromatic nitrogens is 1. The molecular weight excluding hydrogens is 246 g/mol. The van der Waals surface area contributed by atoms with E-state index in [-0.39, 0.29) is 0 Å². The van der Waals surface area contributed by atoms with Crippen LogP contribution in [0.3, 0.4) is 0 Å². The van der Waals surface area contributed by atoms with Crippen LogP contribution in [-0.2, 0) is 13.1 Å². The van der Waals surface area contributed by atoms with Crippen LogP contribution in [0.25, 0.3) is 0 Å². The maximum atomic E-state index is 4.63. The van der Waals surface area contributed by atoms with Gasteiger partial charge in [0, 0.05) is 31.9 Å². The zero-order valence-corrected chi connectivity index (χ0v) is 12.6. The van der Waals surface area contributed by atoms with Crippen molar-refractivity contribution in [2.75, 3.05) is 13.1 Å². The minimum Gasteiger partial charge on any atom is -0.310 e. The summed E-state index contributed by atoms with van der Waals surface area (Å²) in [5.74, 6) is 0.942. The molecule has 1 aromatic rings. The second kappa shape index (κ2) is 6.68. The van der Waals surface area contributed by atoms with Crippen molar-refractivity contribution in [3.8, 4) is 0 Å². The number of rotatable bonds is 8. The summed E-state index contributed by atoms with van der Waals surface area (Å²) in [6.45, 7) is 6.61. The molecule has 3 heteroatoms. The molecule has 3 rings (SSSR count). The lowest BCUT2D eigenvalue weighted by Gasteiger charge is -2.31. The Morgan fingerprint density at radius 3 is 2.65 bits per heavy atom. The second-order valence-electron chi connectivity index (χ2n) is 6.44. The van der Waals surface area contributed by atoms with Crippen molar-refractivity contribution in [3.63, 3.8) is 0 Å². The van der Waals surface area contributed by atoms with Gasteiger partial charge in [-0.15, -0.1) is 0 Å². The molecule has 2 aliphatic carbocycles. The number of nitrogens with zero attached hydrogens (tertiary/aromatic N) is 2. The number of hydrogen-bond acceptors (Lipinski definition) is 3. The molecule has 0 radical (unpaired) electrons. The number of nitrogens with one attached hydrogen (secondary N) is 1. The van der Waals surface area contributed by atoms with Crippen molar-refractivity contribution in [1.29, 1.82) is 0 Å². The fraction of sp³-hybridized carbons (Fsp3) is 0.706. The lowest BCUT2D eigenvalue weighted by molar-refractivity contribution is 0.177. The summed E-state index contributed by atoms with van der Waals surface area (Å²) in [6.07, 6.45) is 9.02. The van der Waals surface area contributed by atoms with Gasteiger partial charge in [-0.05, 0) is 49.8 Å². The summed E-state index contributed by atoms with van der Waals surface area (Å²) in [6, 6.07) is 5.20. The SMILES string of the molecule is CCN(Cc1ccc(CNC2CC2)cn1)CC1CCC1. The van der Waals surface area contributed by atoms with Crippen LogP contribution in [0, 0.1) is 5.92 Å². The molecule has 3 nitrogen and oxygen atoms in total. The van der Waals surface area contributed by atoms with E-state index in [0.29, 0.717) is 0 Å². The third kappa shape index (κ3) is 4.03. The average Bonchev–Trinajstić information content (AvgIpc) is 3.24. The Morgan fingerprint density at radius 1 is 1.25 bits per heavy atom. The molecule has 20 heavy (non-hydrogen) atoms. The van der Waals surface area contributed by atoms with Gasteiger partial charge in [0.2, 0.25) is 0 Å². The van der Waals surface area contributed by atoms with Crippen LogP contribution in [-0.4, -0.2) is 29.0 Å². The fourth-order valence-corrected chi connectivity index (χ4v) is 2.78. The van der Waals surface area contributed by atoms with Gasteiger partial charge in [0.15, 0.2) is 0 Å². The lowest BCUT2D eigenvalue weighted by Crippen LogP contribution is -2.32. The van der Waals surface area contributed by atoms with Gasteiger partial charge in [0.1, 0.15) is 0 Å². The van der Waals surface area contributed by atoms with Crippen LogP contribution in [0.1, 0.15) is 50.3 Å². The predicted octanol–water partition coefficient (Wildman–Crippen LogP) is 2.96. The van der Waals surface area contributed by atoms with Crippen LogP contribution in [0.15, 0.2) is 18.3 Å². The van der Waals surface area contributed by atoms with Crippen molar-refractivity contribution in [2.24, 2.45) is 5.92 Å². The highest BCUT2D eigenvalue weighted by Crippen LogP contribution is 2.27. The van der Waals surface area contributed by atoms with E-state index in [2.05, 4.69) is 34.3 Å². The zero-order valence-electron chi connectivity index (χ0n) is 12.6. The molecule has 0 spiro atoms. The van der Waals surface area contributed by atoms with E-state index in [9.17, 15) is 0 Å². The first-order valence-corrected chi connectivity index (χ1v) is 8.23. The average molecular weight is 273 g/mol. The van der Waals surface area contributed by atoms with E-state index in [1.807, 2.05) is 6.20 Å². The quantitative estimate of drug-likeness (QED) is 0.789. The summed E-state index contributed by atoms with van der Waals surface area (Å²) < 4.78 is 0. The molecule has 2 fully saturated rings. The molecule has 1 aromatic heterocycles. The van der Waals surface area contributed by atoms with Gasteiger partial charge >= 0.3 is 0 Å². The maximum Gasteiger partial charge on any atom is 0.0544 e. The first kappa shape index (κ1) is 14.0. The molecule has 1 N–H and O–H groups in total. The van der Waals surface area contributed by atoms with E-state index in [1.165, 1.54) is 49.9 Å². The molecule has 0 saturated heterocycles. The van der Waals surface area contributed by atoms with E-state index >= 15 is 0 Å². The monoisotopic (exact) mass is 273 g/mol. The summed E-state index contributed by atoms with van der Waals surface area (Å²) in [4.78, 5) is 7.17. The summed E-state index contributed by atoms with van der Waals surface area (Å²) in [7, 11) is 0. The van der Waals surface area contributed by atoms with E-state index in [1.54, 1.807) is 0 Å². The molecular formula is C17H27N3. The topological polar surface area (TPSA) is 28.2 Å². The first-order chi connectivity index (χ1) is 9.83. The lowest BCUT2D eigenvalue weighted by atomic mass is 9.85. The molecule has 0 aromatic carbocycles. The van der Waals surface area contributed by atoms with Gasteiger partial charge in [-0.3, -0.25) is 9.88 Å². The third-order valence-corrected chi connectivity index (χ3v) is 4.63. The molecule has 0 unspecified atom stereocenters. The third-order valence-electron chi connectivity index (χ3n) is 4.63. The molecule has 0 amide bonds. The van der Waals surface area contributed by atoms with Crippen molar-refractivity contribution >= 4 is 0 Å². The van der Waals surface area contributed by atoms with Gasteiger partial charge in [-0.25, -0.2) is 0 Å². The fourth-order valence-electron chi connectivity index (χ4n) is 2.78. The Hall–Kier alpha value is -0.930. The maximum absolute atomic E-state index is 4.63. The smallest absolute Gasteiger partial charge is 0.0544 e. The molecule has 0 aliphatic heterocycles. The van der Waals surface area contributed by atoms with Crippen molar-refractivity contribution in [2.45, 2.75) is 58.2 Å². The molecule has 2 saturated carbocycles. The molecule has 1 heterocycles. The minimum absolute atomic E-state index is 0.771. The van der Waals surface area contributed by atoms with Crippen LogP contribution in [0.5, 0.6) is 0 Å². The van der Waals surface area contributed by atoms with Crippen molar-refractivity contribution in [3.05, 3.63) is 29.6 Å². The summed E-state index contributed by atoms with van der Waals surface area (Å²) >= 11 is 0. The largest absolute Gasteiger partial charge is 0.310 e. The number of pyridine rings is 1. The highest BCUT2D eigenvalue weighted by atomic mass is 15.1. The predicted molar refractivity (Wildman–Crippen MR) is 82.4 cm³/mol. The van der Waals surface area contributed by atoms with Gasteiger partial charge in [-0.1, -0.05) is 19.4 Å². The normalized spacial score (nSPS) is 19.3. The standard InChI is InChI=1S/C17H27N3/c1-2-20(12-14-4-3-5-14)13-17-7-6-15(11-19-17)10-18-16-8-9-16/h6-7,11,14,16,18H,2-5,8-10,12-13H2,1H3. The van der Waals surface area contributed by atoms with Crippen molar-refractivity contribution < 1.29 is 0 Å². The highest BCUT2D eigenvalue weighted by molar-refractivity contribution is 5.14. The summed E-state index contributed by atoms with van der Waals surface area (Å²) in [5, 5.41) is 3.54. The molecule has 110 valence electrons. The molecule has 0 atom stereocenters. The zero-order chi connectivity index (χ0) is 13.8. The first-order valence-electron chi connectivity index (χ1n) is 8.23. The Bertz CT molecular complexity index is 407. The Labute approximate surface area is 122 Å². The molecule has 2 aliphatic rings. The second-order valence-corrected chi connectivity index (χ2v) is 6.44. The Balaban J connectivity index is 1.47.